The van der Waals surface area contributed by atoms with Crippen LogP contribution in [0.5, 0.6) is 11.5 Å². The second-order valence-electron chi connectivity index (χ2n) is 5.75. The van der Waals surface area contributed by atoms with Gasteiger partial charge in [0.05, 0.1) is 13.7 Å². The Labute approximate surface area is 134 Å². The van der Waals surface area contributed by atoms with Crippen molar-refractivity contribution in [2.45, 2.75) is 12.0 Å². The molecule has 124 valence electrons. The van der Waals surface area contributed by atoms with Crippen molar-refractivity contribution < 1.29 is 23.8 Å². The lowest BCUT2D eigenvalue weighted by molar-refractivity contribution is -0.143. The normalized spacial score (nSPS) is 23.7. The van der Waals surface area contributed by atoms with Gasteiger partial charge in [0.25, 0.3) is 5.91 Å². The molecule has 2 aliphatic heterocycles. The predicted octanol–water partition coefficient (Wildman–Crippen LogP) is 0.192. The largest absolute Gasteiger partial charge is 0.493 e. The Bertz CT molecular complexity index is 594. The summed E-state index contributed by atoms with van der Waals surface area (Å²) in [5.41, 5.74) is -0.450. The van der Waals surface area contributed by atoms with Gasteiger partial charge in [-0.15, -0.1) is 0 Å². The molecular weight excluding hydrogens is 300 g/mol. The first-order valence-corrected chi connectivity index (χ1v) is 7.56. The van der Waals surface area contributed by atoms with E-state index >= 15 is 0 Å². The number of likely N-dealkylation sites (tertiary alicyclic amines) is 1. The zero-order valence-corrected chi connectivity index (χ0v) is 13.0. The molecule has 2 fully saturated rings. The van der Waals surface area contributed by atoms with E-state index in [1.54, 1.807) is 24.1 Å². The molecule has 2 aliphatic rings. The minimum Gasteiger partial charge on any atom is -0.493 e. The molecule has 1 aromatic carbocycles. The second kappa shape index (κ2) is 6.45. The Morgan fingerprint density at radius 1 is 1.39 bits per heavy atom. The van der Waals surface area contributed by atoms with Gasteiger partial charge in [-0.3, -0.25) is 9.59 Å². The van der Waals surface area contributed by atoms with Gasteiger partial charge in [-0.2, -0.15) is 0 Å². The molecule has 1 unspecified atom stereocenters. The van der Waals surface area contributed by atoms with Crippen LogP contribution in [0.2, 0.25) is 0 Å². The zero-order chi connectivity index (χ0) is 16.3. The number of carbonyl (C=O) groups is 2. The van der Waals surface area contributed by atoms with E-state index in [0.717, 1.165) is 0 Å². The molecule has 1 N–H and O–H groups in total. The van der Waals surface area contributed by atoms with E-state index in [0.29, 0.717) is 37.6 Å². The lowest BCUT2D eigenvalue weighted by atomic mass is 10.0. The van der Waals surface area contributed by atoms with Crippen LogP contribution in [-0.2, 0) is 14.3 Å². The molecule has 0 aromatic heterocycles. The van der Waals surface area contributed by atoms with Gasteiger partial charge in [-0.25, -0.2) is 0 Å². The highest BCUT2D eigenvalue weighted by Gasteiger charge is 2.43. The molecule has 1 aromatic rings. The summed E-state index contributed by atoms with van der Waals surface area (Å²) in [6, 6.07) is 7.21. The standard InChI is InChI=1S/C16H20N2O5/c1-21-12-4-2-3-5-13(12)22-9-15(20)18-7-6-16(11-18)10-17-14(19)8-23-16/h2-5H,6-11H2,1H3,(H,17,19). The first-order chi connectivity index (χ1) is 11.1. The minimum absolute atomic E-state index is 0.0528. The van der Waals surface area contributed by atoms with Gasteiger partial charge >= 0.3 is 0 Å². The summed E-state index contributed by atoms with van der Waals surface area (Å²) >= 11 is 0. The van der Waals surface area contributed by atoms with Crippen LogP contribution in [0.25, 0.3) is 0 Å². The van der Waals surface area contributed by atoms with Crippen molar-refractivity contribution in [3.05, 3.63) is 24.3 Å². The Morgan fingerprint density at radius 3 is 2.87 bits per heavy atom. The number of benzene rings is 1. The molecule has 0 saturated carbocycles. The van der Waals surface area contributed by atoms with Crippen molar-refractivity contribution in [1.29, 1.82) is 0 Å². The molecule has 1 spiro atoms. The number of nitrogens with one attached hydrogen (secondary N) is 1. The number of para-hydroxylation sites is 2. The number of nitrogens with zero attached hydrogens (tertiary/aromatic N) is 1. The van der Waals surface area contributed by atoms with Crippen LogP contribution in [0.3, 0.4) is 0 Å². The van der Waals surface area contributed by atoms with Crippen molar-refractivity contribution in [1.82, 2.24) is 10.2 Å². The fourth-order valence-corrected chi connectivity index (χ4v) is 2.87. The lowest BCUT2D eigenvalue weighted by Crippen LogP contribution is -2.54. The predicted molar refractivity (Wildman–Crippen MR) is 81.4 cm³/mol. The molecule has 0 aliphatic carbocycles. The van der Waals surface area contributed by atoms with Crippen LogP contribution in [0.15, 0.2) is 24.3 Å². The van der Waals surface area contributed by atoms with E-state index in [1.165, 1.54) is 0 Å². The first kappa shape index (κ1) is 15.6. The van der Waals surface area contributed by atoms with E-state index < -0.39 is 5.60 Å². The summed E-state index contributed by atoms with van der Waals surface area (Å²) in [5, 5.41) is 2.80. The highest BCUT2D eigenvalue weighted by Crippen LogP contribution is 2.28. The maximum absolute atomic E-state index is 12.3. The molecule has 23 heavy (non-hydrogen) atoms. The fraction of sp³-hybridized carbons (Fsp3) is 0.500. The van der Waals surface area contributed by atoms with E-state index in [2.05, 4.69) is 5.32 Å². The van der Waals surface area contributed by atoms with Gasteiger partial charge in [0, 0.05) is 13.1 Å². The monoisotopic (exact) mass is 320 g/mol. The number of hydrogen-bond donors (Lipinski definition) is 1. The van der Waals surface area contributed by atoms with Crippen LogP contribution in [-0.4, -0.2) is 62.3 Å². The molecule has 2 amide bonds. The Balaban J connectivity index is 1.54. The molecule has 2 heterocycles. The SMILES string of the molecule is COc1ccccc1OCC(=O)N1CCC2(CNC(=O)CO2)C1. The van der Waals surface area contributed by atoms with Crippen LogP contribution < -0.4 is 14.8 Å². The van der Waals surface area contributed by atoms with E-state index in [4.69, 9.17) is 14.2 Å². The number of rotatable bonds is 4. The first-order valence-electron chi connectivity index (χ1n) is 7.56. The topological polar surface area (TPSA) is 77.1 Å². The molecule has 1 atom stereocenters. The van der Waals surface area contributed by atoms with Gasteiger partial charge in [-0.05, 0) is 18.6 Å². The summed E-state index contributed by atoms with van der Waals surface area (Å²) in [6.45, 7) is 1.52. The van der Waals surface area contributed by atoms with Crippen molar-refractivity contribution in [2.75, 3.05) is 40.0 Å². The number of amides is 2. The average Bonchev–Trinajstić information content (AvgIpc) is 3.00. The summed E-state index contributed by atoms with van der Waals surface area (Å²) in [5.74, 6) is 0.920. The highest BCUT2D eigenvalue weighted by atomic mass is 16.5. The Hall–Kier alpha value is -2.28. The van der Waals surface area contributed by atoms with Crippen molar-refractivity contribution >= 4 is 11.8 Å². The average molecular weight is 320 g/mol. The molecule has 3 rings (SSSR count). The summed E-state index contributed by atoms with van der Waals surface area (Å²) < 4.78 is 16.4. The summed E-state index contributed by atoms with van der Waals surface area (Å²) in [7, 11) is 1.56. The maximum Gasteiger partial charge on any atom is 0.260 e. The van der Waals surface area contributed by atoms with Gasteiger partial charge in [0.1, 0.15) is 12.2 Å². The van der Waals surface area contributed by atoms with Gasteiger partial charge in [0.2, 0.25) is 5.91 Å². The third-order valence-corrected chi connectivity index (χ3v) is 4.21. The van der Waals surface area contributed by atoms with Crippen LogP contribution in [0.1, 0.15) is 6.42 Å². The highest BCUT2D eigenvalue weighted by molar-refractivity contribution is 5.79. The quantitative estimate of drug-likeness (QED) is 0.857. The number of hydrogen-bond acceptors (Lipinski definition) is 5. The molecule has 7 nitrogen and oxygen atoms in total. The molecule has 2 saturated heterocycles. The number of carbonyl (C=O) groups excluding carboxylic acids is 2. The minimum atomic E-state index is -0.450. The smallest absolute Gasteiger partial charge is 0.260 e. The lowest BCUT2D eigenvalue weighted by Gasteiger charge is -2.33. The fourth-order valence-electron chi connectivity index (χ4n) is 2.87. The number of methoxy groups -OCH3 is 1. The molecule has 0 radical (unpaired) electrons. The van der Waals surface area contributed by atoms with E-state index in [9.17, 15) is 9.59 Å². The van der Waals surface area contributed by atoms with Gasteiger partial charge in [-0.1, -0.05) is 12.1 Å². The zero-order valence-electron chi connectivity index (χ0n) is 13.0. The van der Waals surface area contributed by atoms with Crippen LogP contribution in [0, 0.1) is 0 Å². The molecular formula is C16H20N2O5. The number of morpholine rings is 1. The maximum atomic E-state index is 12.3. The van der Waals surface area contributed by atoms with Gasteiger partial charge in [0.15, 0.2) is 18.1 Å². The van der Waals surface area contributed by atoms with Crippen molar-refractivity contribution in [3.8, 4) is 11.5 Å². The van der Waals surface area contributed by atoms with Crippen LogP contribution in [0.4, 0.5) is 0 Å². The Kier molecular flexibility index (Phi) is 4.38. The second-order valence-corrected chi connectivity index (χ2v) is 5.75. The van der Waals surface area contributed by atoms with Crippen LogP contribution >= 0.6 is 0 Å². The third kappa shape index (κ3) is 3.39. The van der Waals surface area contributed by atoms with Gasteiger partial charge < -0.3 is 24.4 Å². The summed E-state index contributed by atoms with van der Waals surface area (Å²) in [4.78, 5) is 25.2. The third-order valence-electron chi connectivity index (χ3n) is 4.21. The van der Waals surface area contributed by atoms with Crippen molar-refractivity contribution in [3.63, 3.8) is 0 Å². The van der Waals surface area contributed by atoms with E-state index in [1.807, 2.05) is 12.1 Å². The molecule has 7 heteroatoms. The number of ether oxygens (including phenoxy) is 3. The van der Waals surface area contributed by atoms with E-state index in [-0.39, 0.29) is 25.0 Å². The molecule has 0 bridgehead atoms. The van der Waals surface area contributed by atoms with Crippen molar-refractivity contribution in [2.24, 2.45) is 0 Å². The Morgan fingerprint density at radius 2 is 2.17 bits per heavy atom. The summed E-state index contributed by atoms with van der Waals surface area (Å²) in [6.07, 6.45) is 0.716.